The predicted molar refractivity (Wildman–Crippen MR) is 113 cm³/mol. The van der Waals surface area contributed by atoms with Gasteiger partial charge in [-0.2, -0.15) is 0 Å². The van der Waals surface area contributed by atoms with Gasteiger partial charge in [-0.3, -0.25) is 9.78 Å². The maximum absolute atomic E-state index is 12.8. The van der Waals surface area contributed by atoms with Crippen LogP contribution in [0.3, 0.4) is 0 Å². The number of halogens is 1. The molecule has 3 aromatic heterocycles. The molecule has 3 aromatic rings. The molecule has 2 saturated heterocycles. The minimum Gasteiger partial charge on any atom is -0.356 e. The summed E-state index contributed by atoms with van der Waals surface area (Å²) < 4.78 is 0. The lowest BCUT2D eigenvalue weighted by molar-refractivity contribution is -0.134. The number of likely N-dealkylation sites (tertiary alicyclic amines) is 1. The molecule has 2 fully saturated rings. The lowest BCUT2D eigenvalue weighted by Crippen LogP contribution is -2.44. The van der Waals surface area contributed by atoms with Crippen LogP contribution in [0.1, 0.15) is 25.7 Å². The highest BCUT2D eigenvalue weighted by atomic mass is 35.5. The van der Waals surface area contributed by atoms with Crippen molar-refractivity contribution in [2.24, 2.45) is 5.92 Å². The molecule has 150 valence electrons. The monoisotopic (exact) mass is 410 g/mol. The summed E-state index contributed by atoms with van der Waals surface area (Å²) in [4.78, 5) is 33.9. The number of rotatable bonds is 3. The number of aromatic amines is 1. The summed E-state index contributed by atoms with van der Waals surface area (Å²) in [6.45, 7) is 3.47. The van der Waals surface area contributed by atoms with Gasteiger partial charge in [0, 0.05) is 44.1 Å². The lowest BCUT2D eigenvalue weighted by Gasteiger charge is -2.34. The molecule has 29 heavy (non-hydrogen) atoms. The van der Waals surface area contributed by atoms with E-state index in [1.165, 1.54) is 0 Å². The van der Waals surface area contributed by atoms with E-state index in [2.05, 4.69) is 19.9 Å². The van der Waals surface area contributed by atoms with Gasteiger partial charge in [-0.1, -0.05) is 11.6 Å². The first-order valence-electron chi connectivity index (χ1n) is 10.2. The Labute approximate surface area is 174 Å². The first-order valence-corrected chi connectivity index (χ1v) is 10.6. The van der Waals surface area contributed by atoms with Crippen LogP contribution in [0.25, 0.3) is 22.6 Å². The van der Waals surface area contributed by atoms with Gasteiger partial charge in [0.1, 0.15) is 17.2 Å². The normalized spacial score (nSPS) is 19.8. The maximum Gasteiger partial charge on any atom is 0.227 e. The number of nitrogens with zero attached hydrogens (tertiary/aromatic N) is 5. The van der Waals surface area contributed by atoms with Gasteiger partial charge in [0.05, 0.1) is 10.9 Å². The number of anilines is 1. The van der Waals surface area contributed by atoms with Crippen LogP contribution in [0.15, 0.2) is 30.6 Å². The fraction of sp³-hybridized carbons (Fsp3) is 0.429. The number of fused-ring (bicyclic) bond motifs is 1. The largest absolute Gasteiger partial charge is 0.356 e. The fourth-order valence-corrected chi connectivity index (χ4v) is 4.49. The number of aromatic nitrogens is 4. The van der Waals surface area contributed by atoms with E-state index in [1.807, 2.05) is 23.1 Å². The van der Waals surface area contributed by atoms with Crippen molar-refractivity contribution in [1.82, 2.24) is 24.8 Å². The summed E-state index contributed by atoms with van der Waals surface area (Å²) in [5, 5.41) is 0.568. The van der Waals surface area contributed by atoms with E-state index in [0.717, 1.165) is 74.4 Å². The number of hydrogen-bond donors (Lipinski definition) is 1. The van der Waals surface area contributed by atoms with Crippen LogP contribution in [-0.2, 0) is 4.79 Å². The number of hydrogen-bond acceptors (Lipinski definition) is 5. The Kier molecular flexibility index (Phi) is 4.83. The molecule has 0 bridgehead atoms. The molecule has 1 atom stereocenters. The molecule has 2 aliphatic heterocycles. The third-order valence-electron chi connectivity index (χ3n) is 5.82. The standard InChI is InChI=1S/C21H23ClN6O/c22-16-10-15(11-23-12-16)19-24-17-5-6-18(25-20(17)26-19)28-9-3-4-14(13-28)21(29)27-7-1-2-8-27/h5-6,10-12,14H,1-4,7-9,13H2,(H,24,25,26). The summed E-state index contributed by atoms with van der Waals surface area (Å²) in [5.41, 5.74) is 2.35. The second kappa shape index (κ2) is 7.63. The summed E-state index contributed by atoms with van der Waals surface area (Å²) in [7, 11) is 0. The molecule has 5 heterocycles. The van der Waals surface area contributed by atoms with Gasteiger partial charge < -0.3 is 14.8 Å². The molecule has 0 spiro atoms. The van der Waals surface area contributed by atoms with Crippen molar-refractivity contribution in [3.05, 3.63) is 35.6 Å². The van der Waals surface area contributed by atoms with Gasteiger partial charge in [-0.25, -0.2) is 9.97 Å². The Morgan fingerprint density at radius 2 is 1.97 bits per heavy atom. The van der Waals surface area contributed by atoms with Crippen molar-refractivity contribution in [3.63, 3.8) is 0 Å². The molecule has 1 N–H and O–H groups in total. The number of carbonyl (C=O) groups is 1. The minimum atomic E-state index is 0.0641. The highest BCUT2D eigenvalue weighted by Crippen LogP contribution is 2.27. The number of imidazole rings is 1. The Morgan fingerprint density at radius 1 is 1.10 bits per heavy atom. The van der Waals surface area contributed by atoms with E-state index < -0.39 is 0 Å². The van der Waals surface area contributed by atoms with Crippen molar-refractivity contribution in [3.8, 4) is 11.4 Å². The number of amides is 1. The average molecular weight is 411 g/mol. The Morgan fingerprint density at radius 3 is 2.79 bits per heavy atom. The maximum atomic E-state index is 12.8. The van der Waals surface area contributed by atoms with Crippen LogP contribution in [0.5, 0.6) is 0 Å². The molecular formula is C21H23ClN6O. The van der Waals surface area contributed by atoms with E-state index in [-0.39, 0.29) is 5.92 Å². The topological polar surface area (TPSA) is 78.0 Å². The van der Waals surface area contributed by atoms with Crippen LogP contribution in [0, 0.1) is 5.92 Å². The third kappa shape index (κ3) is 3.67. The van der Waals surface area contributed by atoms with Crippen LogP contribution >= 0.6 is 11.6 Å². The number of nitrogens with one attached hydrogen (secondary N) is 1. The van der Waals surface area contributed by atoms with Gasteiger partial charge in [0.25, 0.3) is 0 Å². The van der Waals surface area contributed by atoms with Crippen LogP contribution in [0.4, 0.5) is 5.82 Å². The molecule has 1 unspecified atom stereocenters. The van der Waals surface area contributed by atoms with E-state index in [4.69, 9.17) is 16.6 Å². The van der Waals surface area contributed by atoms with Crippen molar-refractivity contribution < 1.29 is 4.79 Å². The van der Waals surface area contributed by atoms with Crippen LogP contribution in [-0.4, -0.2) is 56.9 Å². The smallest absolute Gasteiger partial charge is 0.227 e. The first-order chi connectivity index (χ1) is 14.2. The van der Waals surface area contributed by atoms with Crippen LogP contribution < -0.4 is 4.90 Å². The molecule has 0 aliphatic carbocycles. The van der Waals surface area contributed by atoms with E-state index in [9.17, 15) is 4.79 Å². The number of H-pyrrole nitrogens is 1. The van der Waals surface area contributed by atoms with Crippen molar-refractivity contribution in [2.75, 3.05) is 31.1 Å². The van der Waals surface area contributed by atoms with Crippen molar-refractivity contribution in [1.29, 1.82) is 0 Å². The van der Waals surface area contributed by atoms with Gasteiger partial charge in [0.2, 0.25) is 5.91 Å². The Bertz CT molecular complexity index is 1040. The Balaban J connectivity index is 1.37. The van der Waals surface area contributed by atoms with Crippen molar-refractivity contribution in [2.45, 2.75) is 25.7 Å². The zero-order valence-electron chi connectivity index (χ0n) is 16.1. The molecule has 7 nitrogen and oxygen atoms in total. The molecular weight excluding hydrogens is 388 g/mol. The summed E-state index contributed by atoms with van der Waals surface area (Å²) in [6, 6.07) is 5.79. The zero-order valence-corrected chi connectivity index (χ0v) is 16.9. The van der Waals surface area contributed by atoms with Gasteiger partial charge in [-0.05, 0) is 43.9 Å². The molecule has 8 heteroatoms. The minimum absolute atomic E-state index is 0.0641. The molecule has 0 aromatic carbocycles. The molecule has 0 radical (unpaired) electrons. The Hall–Kier alpha value is -2.67. The lowest BCUT2D eigenvalue weighted by atomic mass is 9.96. The van der Waals surface area contributed by atoms with E-state index in [0.29, 0.717) is 16.8 Å². The number of carbonyl (C=O) groups excluding carboxylic acids is 1. The molecule has 5 rings (SSSR count). The SMILES string of the molecule is O=C(C1CCCN(c2ccc3nc(-c4cncc(Cl)c4)[nH]c3n2)C1)N1CCCC1. The summed E-state index contributed by atoms with van der Waals surface area (Å²) in [5.74, 6) is 1.95. The predicted octanol–water partition coefficient (Wildman–Crippen LogP) is 3.51. The second-order valence-corrected chi connectivity index (χ2v) is 8.27. The van der Waals surface area contributed by atoms with E-state index in [1.54, 1.807) is 12.4 Å². The van der Waals surface area contributed by atoms with Gasteiger partial charge in [-0.15, -0.1) is 0 Å². The average Bonchev–Trinajstić information content (AvgIpc) is 3.43. The fourth-order valence-electron chi connectivity index (χ4n) is 4.32. The quantitative estimate of drug-likeness (QED) is 0.714. The molecule has 1 amide bonds. The highest BCUT2D eigenvalue weighted by molar-refractivity contribution is 6.30. The number of piperidine rings is 1. The molecule has 0 saturated carbocycles. The first kappa shape index (κ1) is 18.4. The number of pyridine rings is 2. The van der Waals surface area contributed by atoms with Crippen LogP contribution in [0.2, 0.25) is 5.02 Å². The van der Waals surface area contributed by atoms with Crippen molar-refractivity contribution >= 4 is 34.5 Å². The second-order valence-electron chi connectivity index (χ2n) is 7.83. The highest BCUT2D eigenvalue weighted by Gasteiger charge is 2.31. The van der Waals surface area contributed by atoms with Gasteiger partial charge >= 0.3 is 0 Å². The van der Waals surface area contributed by atoms with E-state index >= 15 is 0 Å². The summed E-state index contributed by atoms with van der Waals surface area (Å²) >= 11 is 6.05. The summed E-state index contributed by atoms with van der Waals surface area (Å²) in [6.07, 6.45) is 7.55. The third-order valence-corrected chi connectivity index (χ3v) is 6.03. The van der Waals surface area contributed by atoms with Gasteiger partial charge in [0.15, 0.2) is 5.65 Å². The molecule has 2 aliphatic rings. The zero-order chi connectivity index (χ0) is 19.8.